The van der Waals surface area contributed by atoms with Gasteiger partial charge in [-0.15, -0.1) is 12.4 Å². The third-order valence-corrected chi connectivity index (χ3v) is 6.70. The van der Waals surface area contributed by atoms with Crippen LogP contribution in [0.2, 0.25) is 0 Å². The molecular formula is C22H32ClF2N5O2. The van der Waals surface area contributed by atoms with Gasteiger partial charge in [-0.05, 0) is 49.9 Å². The number of carbonyl (C=O) groups is 2. The molecule has 3 aliphatic rings. The molecule has 0 radical (unpaired) electrons. The van der Waals surface area contributed by atoms with Crippen molar-refractivity contribution in [2.24, 2.45) is 5.41 Å². The van der Waals surface area contributed by atoms with Gasteiger partial charge in [-0.1, -0.05) is 6.92 Å². The van der Waals surface area contributed by atoms with Crippen molar-refractivity contribution in [2.75, 3.05) is 56.0 Å². The summed E-state index contributed by atoms with van der Waals surface area (Å²) in [5.41, 5.74) is 0.486. The van der Waals surface area contributed by atoms with Gasteiger partial charge in [0.15, 0.2) is 11.6 Å². The lowest BCUT2D eigenvalue weighted by Gasteiger charge is -2.42. The van der Waals surface area contributed by atoms with E-state index in [1.807, 2.05) is 0 Å². The summed E-state index contributed by atoms with van der Waals surface area (Å²) in [7, 11) is 0. The Morgan fingerprint density at radius 3 is 2.31 bits per heavy atom. The molecule has 1 aromatic carbocycles. The maximum Gasteiger partial charge on any atom is 0.249 e. The minimum atomic E-state index is -0.678. The van der Waals surface area contributed by atoms with Crippen molar-refractivity contribution < 1.29 is 18.4 Å². The van der Waals surface area contributed by atoms with Crippen molar-refractivity contribution in [3.63, 3.8) is 0 Å². The molecule has 2 amide bonds. The van der Waals surface area contributed by atoms with Gasteiger partial charge in [0.2, 0.25) is 11.8 Å². The molecule has 0 saturated carbocycles. The Bertz CT molecular complexity index is 819. The number of hydrogen-bond acceptors (Lipinski definition) is 6. The summed E-state index contributed by atoms with van der Waals surface area (Å²) in [6.45, 7) is 8.13. The molecule has 0 aromatic heterocycles. The summed E-state index contributed by atoms with van der Waals surface area (Å²) in [4.78, 5) is 27.3. The predicted molar refractivity (Wildman–Crippen MR) is 122 cm³/mol. The second-order valence-corrected chi connectivity index (χ2v) is 9.26. The fraction of sp³-hybridized carbons (Fsp3) is 0.636. The van der Waals surface area contributed by atoms with Crippen LogP contribution in [-0.4, -0.2) is 68.6 Å². The van der Waals surface area contributed by atoms with Gasteiger partial charge in [-0.2, -0.15) is 0 Å². The fourth-order valence-electron chi connectivity index (χ4n) is 4.84. The molecule has 1 atom stereocenters. The summed E-state index contributed by atoms with van der Waals surface area (Å²) in [6.07, 6.45) is 2.80. The number of nitrogens with zero attached hydrogens (tertiary/aromatic N) is 2. The number of hydrogen-bond donors (Lipinski definition) is 3. The first-order valence-corrected chi connectivity index (χ1v) is 11.1. The molecule has 1 unspecified atom stereocenters. The van der Waals surface area contributed by atoms with Crippen LogP contribution in [0.5, 0.6) is 0 Å². The number of piperazine rings is 1. The SMILES string of the molecule is CC1(CN2CCN(c3c(F)cc(NC4CCC(=O)NC4=O)cc3F)CC2)CCNCC1.Cl. The van der Waals surface area contributed by atoms with E-state index in [1.54, 1.807) is 4.90 Å². The molecule has 3 N–H and O–H groups in total. The summed E-state index contributed by atoms with van der Waals surface area (Å²) < 4.78 is 29.7. The number of piperidine rings is 2. The largest absolute Gasteiger partial charge is 0.373 e. The van der Waals surface area contributed by atoms with Gasteiger partial charge in [-0.3, -0.25) is 19.8 Å². The molecular weight excluding hydrogens is 440 g/mol. The molecule has 3 fully saturated rings. The van der Waals surface area contributed by atoms with Gasteiger partial charge >= 0.3 is 0 Å². The van der Waals surface area contributed by atoms with Crippen LogP contribution in [0.1, 0.15) is 32.6 Å². The van der Waals surface area contributed by atoms with Crippen LogP contribution in [-0.2, 0) is 9.59 Å². The standard InChI is InChI=1S/C22H31F2N5O2.ClH/c1-22(4-6-25-7-5-22)14-28-8-10-29(11-9-28)20-16(23)12-15(13-17(20)24)26-18-2-3-19(30)27-21(18)31;/h12-13,18,25-26H,2-11,14H2,1H3,(H,27,30,31);1H. The van der Waals surface area contributed by atoms with Gasteiger partial charge in [0.05, 0.1) is 0 Å². The second-order valence-electron chi connectivity index (χ2n) is 9.26. The van der Waals surface area contributed by atoms with Crippen LogP contribution in [0.3, 0.4) is 0 Å². The molecule has 0 aliphatic carbocycles. The molecule has 0 spiro atoms. The fourth-order valence-corrected chi connectivity index (χ4v) is 4.84. The Labute approximate surface area is 193 Å². The van der Waals surface area contributed by atoms with Crippen LogP contribution in [0.15, 0.2) is 12.1 Å². The van der Waals surface area contributed by atoms with E-state index in [9.17, 15) is 18.4 Å². The Morgan fingerprint density at radius 2 is 1.72 bits per heavy atom. The first kappa shape index (κ1) is 24.7. The number of imide groups is 1. The lowest BCUT2D eigenvalue weighted by atomic mass is 9.80. The number of amides is 2. The predicted octanol–water partition coefficient (Wildman–Crippen LogP) is 2.12. The van der Waals surface area contributed by atoms with Gasteiger partial charge in [0.25, 0.3) is 0 Å². The van der Waals surface area contributed by atoms with Gasteiger partial charge in [-0.25, -0.2) is 8.78 Å². The van der Waals surface area contributed by atoms with Crippen LogP contribution < -0.4 is 20.9 Å². The minimum Gasteiger partial charge on any atom is -0.373 e. The summed E-state index contributed by atoms with van der Waals surface area (Å²) in [5.74, 6) is -2.09. The van der Waals surface area contributed by atoms with Crippen molar-refractivity contribution in [2.45, 2.75) is 38.6 Å². The average Bonchev–Trinajstić information content (AvgIpc) is 2.71. The van der Waals surface area contributed by atoms with E-state index < -0.39 is 23.6 Å². The molecule has 3 saturated heterocycles. The van der Waals surface area contributed by atoms with E-state index in [-0.39, 0.29) is 36.1 Å². The van der Waals surface area contributed by atoms with Gasteiger partial charge < -0.3 is 15.5 Å². The molecule has 3 heterocycles. The third-order valence-electron chi connectivity index (χ3n) is 6.70. The lowest BCUT2D eigenvalue weighted by molar-refractivity contribution is -0.133. The van der Waals surface area contributed by atoms with Crippen molar-refractivity contribution in [1.82, 2.24) is 15.5 Å². The van der Waals surface area contributed by atoms with Crippen molar-refractivity contribution in [3.8, 4) is 0 Å². The van der Waals surface area contributed by atoms with Crippen LogP contribution in [0.4, 0.5) is 20.2 Å². The summed E-state index contributed by atoms with van der Waals surface area (Å²) in [6, 6.07) is 1.78. The highest BCUT2D eigenvalue weighted by Gasteiger charge is 2.32. The molecule has 1 aromatic rings. The van der Waals surface area contributed by atoms with Crippen molar-refractivity contribution in [3.05, 3.63) is 23.8 Å². The Balaban J connectivity index is 0.00000289. The first-order chi connectivity index (χ1) is 14.8. The van der Waals surface area contributed by atoms with Crippen LogP contribution in [0, 0.1) is 17.0 Å². The molecule has 178 valence electrons. The van der Waals surface area contributed by atoms with E-state index in [0.717, 1.165) is 45.6 Å². The number of rotatable bonds is 5. The molecule has 4 rings (SSSR count). The zero-order valence-electron chi connectivity index (χ0n) is 18.4. The monoisotopic (exact) mass is 471 g/mol. The molecule has 32 heavy (non-hydrogen) atoms. The van der Waals surface area contributed by atoms with E-state index in [4.69, 9.17) is 0 Å². The Hall–Kier alpha value is -1.97. The lowest BCUT2D eigenvalue weighted by Crippen LogP contribution is -2.51. The smallest absolute Gasteiger partial charge is 0.249 e. The highest BCUT2D eigenvalue weighted by molar-refractivity contribution is 6.01. The zero-order valence-corrected chi connectivity index (χ0v) is 19.2. The summed E-state index contributed by atoms with van der Waals surface area (Å²) in [5, 5.41) is 8.48. The molecule has 3 aliphatic heterocycles. The molecule has 0 bridgehead atoms. The number of anilines is 2. The number of halogens is 3. The first-order valence-electron chi connectivity index (χ1n) is 11.1. The van der Waals surface area contributed by atoms with Crippen molar-refractivity contribution >= 4 is 35.6 Å². The number of benzene rings is 1. The third kappa shape index (κ3) is 5.68. The van der Waals surface area contributed by atoms with Crippen LogP contribution in [0.25, 0.3) is 0 Å². The zero-order chi connectivity index (χ0) is 22.0. The topological polar surface area (TPSA) is 76.7 Å². The quantitative estimate of drug-likeness (QED) is 0.571. The van der Waals surface area contributed by atoms with Crippen molar-refractivity contribution in [1.29, 1.82) is 0 Å². The van der Waals surface area contributed by atoms with Gasteiger partial charge in [0, 0.05) is 44.8 Å². The average molecular weight is 472 g/mol. The Kier molecular flexibility index (Phi) is 7.95. The van der Waals surface area contributed by atoms with Crippen LogP contribution >= 0.6 is 12.4 Å². The highest BCUT2D eigenvalue weighted by Crippen LogP contribution is 2.31. The van der Waals surface area contributed by atoms with E-state index >= 15 is 0 Å². The Morgan fingerprint density at radius 1 is 1.09 bits per heavy atom. The summed E-state index contributed by atoms with van der Waals surface area (Å²) >= 11 is 0. The highest BCUT2D eigenvalue weighted by atomic mass is 35.5. The van der Waals surface area contributed by atoms with Gasteiger partial charge in [0.1, 0.15) is 11.7 Å². The minimum absolute atomic E-state index is 0. The van der Waals surface area contributed by atoms with E-state index in [1.165, 1.54) is 12.1 Å². The molecule has 10 heteroatoms. The number of nitrogens with one attached hydrogen (secondary N) is 3. The normalized spacial score (nSPS) is 24.0. The maximum absolute atomic E-state index is 14.8. The number of carbonyl (C=O) groups excluding carboxylic acids is 2. The maximum atomic E-state index is 14.8. The van der Waals surface area contributed by atoms with E-state index in [2.05, 4.69) is 27.8 Å². The second kappa shape index (κ2) is 10.3. The van der Waals surface area contributed by atoms with E-state index in [0.29, 0.717) is 24.9 Å². The molecule has 7 nitrogen and oxygen atoms in total.